The Kier molecular flexibility index (Phi) is 6.02. The molecule has 0 aliphatic rings. The molecule has 2 N–H and O–H groups in total. The van der Waals surface area contributed by atoms with E-state index in [9.17, 15) is 22.0 Å². The van der Waals surface area contributed by atoms with Crippen molar-refractivity contribution in [2.75, 3.05) is 0 Å². The van der Waals surface area contributed by atoms with Gasteiger partial charge in [0.1, 0.15) is 0 Å². The van der Waals surface area contributed by atoms with Crippen molar-refractivity contribution in [1.82, 2.24) is 0 Å². The number of hydrogen-bond donors (Lipinski definition) is 1. The van der Waals surface area contributed by atoms with Gasteiger partial charge < -0.3 is 5.73 Å². The summed E-state index contributed by atoms with van der Waals surface area (Å²) in [6, 6.07) is 1.35. The van der Waals surface area contributed by atoms with Gasteiger partial charge in [-0.2, -0.15) is 13.2 Å². The fourth-order valence-corrected chi connectivity index (χ4v) is 1.42. The average Bonchev–Trinajstić information content (AvgIpc) is 2.22. The van der Waals surface area contributed by atoms with Gasteiger partial charge in [-0.25, -0.2) is 8.78 Å². The molecule has 7 heteroatoms. The average molecular weight is 290 g/mol. The lowest BCUT2D eigenvalue weighted by Crippen LogP contribution is -2.17. The zero-order valence-corrected chi connectivity index (χ0v) is 10.3. The van der Waals surface area contributed by atoms with Crippen LogP contribution in [-0.4, -0.2) is 6.18 Å². The van der Waals surface area contributed by atoms with Crippen LogP contribution < -0.4 is 5.73 Å². The van der Waals surface area contributed by atoms with Crippen molar-refractivity contribution in [3.63, 3.8) is 0 Å². The summed E-state index contributed by atoms with van der Waals surface area (Å²) in [5.41, 5.74) is 5.28. The van der Waals surface area contributed by atoms with Gasteiger partial charge in [-0.1, -0.05) is 12.1 Å². The number of benzene rings is 1. The molecular weight excluding hydrogens is 277 g/mol. The first-order valence-electron chi connectivity index (χ1n) is 4.99. The van der Waals surface area contributed by atoms with Crippen molar-refractivity contribution in [2.45, 2.75) is 32.0 Å². The molecule has 0 unspecified atom stereocenters. The Bertz CT molecular complexity index is 405. The normalized spacial score (nSPS) is 13.1. The van der Waals surface area contributed by atoms with Crippen LogP contribution in [0.25, 0.3) is 0 Å². The molecule has 1 aromatic carbocycles. The molecule has 0 aliphatic carbocycles. The number of hydrogen-bond acceptors (Lipinski definition) is 1. The largest absolute Gasteiger partial charge is 0.389 e. The molecule has 0 saturated heterocycles. The molecule has 0 heterocycles. The smallest absolute Gasteiger partial charge is 0.324 e. The summed E-state index contributed by atoms with van der Waals surface area (Å²) in [7, 11) is 0. The quantitative estimate of drug-likeness (QED) is 0.835. The van der Waals surface area contributed by atoms with Crippen LogP contribution in [0.4, 0.5) is 22.0 Å². The Labute approximate surface area is 108 Å². The van der Waals surface area contributed by atoms with E-state index >= 15 is 0 Å². The van der Waals surface area contributed by atoms with E-state index in [2.05, 4.69) is 0 Å². The molecule has 0 spiro atoms. The Hall–Kier alpha value is -0.880. The van der Waals surface area contributed by atoms with E-state index in [4.69, 9.17) is 5.73 Å². The zero-order chi connectivity index (χ0) is 13.2. The summed E-state index contributed by atoms with van der Waals surface area (Å²) >= 11 is 0. The van der Waals surface area contributed by atoms with Gasteiger partial charge in [-0.05, 0) is 18.9 Å². The van der Waals surface area contributed by atoms with Crippen molar-refractivity contribution >= 4 is 12.4 Å². The molecule has 1 atom stereocenters. The van der Waals surface area contributed by atoms with Crippen molar-refractivity contribution in [3.05, 3.63) is 34.9 Å². The van der Waals surface area contributed by atoms with Crippen molar-refractivity contribution < 1.29 is 22.0 Å². The SMILES string of the molecule is Cc1ccc([C@H](N)CCC(F)(F)F)c(F)c1F.Cl. The Morgan fingerprint density at radius 1 is 1.17 bits per heavy atom. The third kappa shape index (κ3) is 4.42. The fraction of sp³-hybridized carbons (Fsp3) is 0.455. The van der Waals surface area contributed by atoms with Gasteiger partial charge >= 0.3 is 6.18 Å². The molecule has 1 rings (SSSR count). The molecule has 1 aromatic rings. The van der Waals surface area contributed by atoms with Gasteiger partial charge in [0.15, 0.2) is 11.6 Å². The van der Waals surface area contributed by atoms with E-state index in [0.29, 0.717) is 0 Å². The highest BCUT2D eigenvalue weighted by atomic mass is 35.5. The van der Waals surface area contributed by atoms with Crippen LogP contribution in [0.1, 0.15) is 30.0 Å². The first-order valence-corrected chi connectivity index (χ1v) is 4.99. The number of rotatable bonds is 3. The van der Waals surface area contributed by atoms with Gasteiger partial charge in [-0.3, -0.25) is 0 Å². The highest BCUT2D eigenvalue weighted by molar-refractivity contribution is 5.85. The summed E-state index contributed by atoms with van der Waals surface area (Å²) in [6.07, 6.45) is -5.94. The van der Waals surface area contributed by atoms with Gasteiger partial charge in [-0.15, -0.1) is 12.4 Å². The van der Waals surface area contributed by atoms with E-state index in [0.717, 1.165) is 0 Å². The molecule has 0 aliphatic heterocycles. The zero-order valence-electron chi connectivity index (χ0n) is 9.52. The van der Waals surface area contributed by atoms with Crippen molar-refractivity contribution in [2.24, 2.45) is 5.73 Å². The number of halogens is 6. The summed E-state index contributed by atoms with van der Waals surface area (Å²) in [5.74, 6) is -2.23. The Morgan fingerprint density at radius 2 is 1.72 bits per heavy atom. The van der Waals surface area contributed by atoms with Gasteiger partial charge in [0, 0.05) is 18.0 Å². The molecule has 104 valence electrons. The predicted octanol–water partition coefficient (Wildman–Crippen LogP) is 4.04. The second kappa shape index (κ2) is 6.33. The predicted molar refractivity (Wildman–Crippen MR) is 60.6 cm³/mol. The molecule has 0 radical (unpaired) electrons. The number of nitrogens with two attached hydrogens (primary N) is 1. The molecule has 0 aromatic heterocycles. The minimum Gasteiger partial charge on any atom is -0.324 e. The van der Waals surface area contributed by atoms with Gasteiger partial charge in [0.05, 0.1) is 0 Å². The van der Waals surface area contributed by atoms with Crippen LogP contribution in [0.15, 0.2) is 12.1 Å². The lowest BCUT2D eigenvalue weighted by molar-refractivity contribution is -0.136. The van der Waals surface area contributed by atoms with E-state index in [-0.39, 0.29) is 23.5 Å². The summed E-state index contributed by atoms with van der Waals surface area (Å²) in [6.45, 7) is 1.36. The lowest BCUT2D eigenvalue weighted by atomic mass is 10.0. The second-order valence-corrected chi connectivity index (χ2v) is 3.86. The third-order valence-electron chi connectivity index (χ3n) is 2.44. The van der Waals surface area contributed by atoms with Crippen LogP contribution in [0.3, 0.4) is 0 Å². The van der Waals surface area contributed by atoms with Crippen LogP contribution in [0.2, 0.25) is 0 Å². The number of aryl methyl sites for hydroxylation is 1. The Morgan fingerprint density at radius 3 is 2.22 bits per heavy atom. The topological polar surface area (TPSA) is 26.0 Å². The summed E-state index contributed by atoms with van der Waals surface area (Å²) < 4.78 is 62.4. The highest BCUT2D eigenvalue weighted by Crippen LogP contribution is 2.28. The van der Waals surface area contributed by atoms with Crippen LogP contribution in [0.5, 0.6) is 0 Å². The van der Waals surface area contributed by atoms with E-state index < -0.39 is 36.7 Å². The molecule has 0 saturated carbocycles. The Balaban J connectivity index is 0.00000289. The third-order valence-corrected chi connectivity index (χ3v) is 2.44. The maximum absolute atomic E-state index is 13.4. The van der Waals surface area contributed by atoms with E-state index in [1.807, 2.05) is 0 Å². The fourth-order valence-electron chi connectivity index (χ4n) is 1.42. The van der Waals surface area contributed by atoms with Gasteiger partial charge in [0.25, 0.3) is 0 Å². The standard InChI is InChI=1S/C11H12F5N.ClH/c1-6-2-3-7(10(13)9(6)12)8(17)4-5-11(14,15)16;/h2-3,8H,4-5,17H2,1H3;1H/t8-;/m1./s1. The van der Waals surface area contributed by atoms with Crippen molar-refractivity contribution in [3.8, 4) is 0 Å². The molecule has 0 amide bonds. The number of alkyl halides is 3. The first kappa shape index (κ1) is 17.1. The molecule has 18 heavy (non-hydrogen) atoms. The van der Waals surface area contributed by atoms with E-state index in [1.165, 1.54) is 19.1 Å². The van der Waals surface area contributed by atoms with Crippen LogP contribution in [-0.2, 0) is 0 Å². The summed E-state index contributed by atoms with van der Waals surface area (Å²) in [4.78, 5) is 0. The molecule has 0 bridgehead atoms. The minimum absolute atomic E-state index is 0. The molecular formula is C11H13ClF5N. The second-order valence-electron chi connectivity index (χ2n) is 3.86. The van der Waals surface area contributed by atoms with Crippen LogP contribution >= 0.6 is 12.4 Å². The van der Waals surface area contributed by atoms with E-state index in [1.54, 1.807) is 0 Å². The maximum Gasteiger partial charge on any atom is 0.389 e. The first-order chi connectivity index (χ1) is 7.72. The summed E-state index contributed by atoms with van der Waals surface area (Å²) in [5, 5.41) is 0. The molecule has 0 fully saturated rings. The minimum atomic E-state index is -4.35. The highest BCUT2D eigenvalue weighted by Gasteiger charge is 2.28. The van der Waals surface area contributed by atoms with Crippen LogP contribution in [0, 0.1) is 18.6 Å². The monoisotopic (exact) mass is 289 g/mol. The lowest BCUT2D eigenvalue weighted by Gasteiger charge is -2.15. The van der Waals surface area contributed by atoms with Gasteiger partial charge in [0.2, 0.25) is 0 Å². The molecule has 1 nitrogen and oxygen atoms in total. The maximum atomic E-state index is 13.4. The van der Waals surface area contributed by atoms with Crippen molar-refractivity contribution in [1.29, 1.82) is 0 Å².